The van der Waals surface area contributed by atoms with Crippen molar-refractivity contribution < 1.29 is 5.11 Å². The van der Waals surface area contributed by atoms with E-state index in [-0.39, 0.29) is 12.1 Å². The van der Waals surface area contributed by atoms with Gasteiger partial charge >= 0.3 is 0 Å². The molecule has 2 aromatic rings. The summed E-state index contributed by atoms with van der Waals surface area (Å²) < 4.78 is 1.46. The number of hydrogen-bond acceptors (Lipinski definition) is 3. The molecule has 19 heavy (non-hydrogen) atoms. The molecular formula is C15H18N2O2. The van der Waals surface area contributed by atoms with Crippen molar-refractivity contribution in [2.45, 2.75) is 33.4 Å². The Morgan fingerprint density at radius 3 is 2.63 bits per heavy atom. The zero-order chi connectivity index (χ0) is 14.0. The summed E-state index contributed by atoms with van der Waals surface area (Å²) >= 11 is 0. The summed E-state index contributed by atoms with van der Waals surface area (Å²) in [7, 11) is 0. The maximum atomic E-state index is 12.1. The number of benzene rings is 1. The molecule has 1 unspecified atom stereocenters. The van der Waals surface area contributed by atoms with Crippen molar-refractivity contribution in [2.75, 3.05) is 0 Å². The smallest absolute Gasteiger partial charge is 0.256 e. The van der Waals surface area contributed by atoms with Gasteiger partial charge in [-0.15, -0.1) is 0 Å². The zero-order valence-corrected chi connectivity index (χ0v) is 11.4. The molecule has 0 saturated carbocycles. The molecule has 100 valence electrons. The lowest BCUT2D eigenvalue weighted by Gasteiger charge is -2.15. The van der Waals surface area contributed by atoms with Crippen LogP contribution >= 0.6 is 0 Å². The van der Waals surface area contributed by atoms with Crippen LogP contribution in [-0.2, 0) is 6.54 Å². The first-order valence-electron chi connectivity index (χ1n) is 6.27. The minimum Gasteiger partial charge on any atom is -0.387 e. The molecule has 1 aromatic heterocycles. The lowest BCUT2D eigenvalue weighted by atomic mass is 10.0. The van der Waals surface area contributed by atoms with Gasteiger partial charge < -0.3 is 5.11 Å². The number of aromatic nitrogens is 2. The van der Waals surface area contributed by atoms with E-state index < -0.39 is 6.10 Å². The third-order valence-corrected chi connectivity index (χ3v) is 3.43. The van der Waals surface area contributed by atoms with E-state index in [1.54, 1.807) is 13.8 Å². The number of hydrogen-bond donors (Lipinski definition) is 1. The van der Waals surface area contributed by atoms with Gasteiger partial charge in [0.05, 0.1) is 19.0 Å². The average Bonchev–Trinajstić information content (AvgIpc) is 2.40. The number of nitrogens with zero attached hydrogens (tertiary/aromatic N) is 2. The molecule has 4 nitrogen and oxygen atoms in total. The van der Waals surface area contributed by atoms with Gasteiger partial charge in [-0.1, -0.05) is 24.3 Å². The van der Waals surface area contributed by atoms with E-state index in [2.05, 4.69) is 4.98 Å². The van der Waals surface area contributed by atoms with Crippen LogP contribution in [0.4, 0.5) is 0 Å². The molecule has 0 aliphatic rings. The Morgan fingerprint density at radius 1 is 1.26 bits per heavy atom. The van der Waals surface area contributed by atoms with Crippen LogP contribution in [0.2, 0.25) is 0 Å². The molecular weight excluding hydrogens is 240 g/mol. The van der Waals surface area contributed by atoms with Gasteiger partial charge in [0.2, 0.25) is 0 Å². The molecule has 0 saturated heterocycles. The Morgan fingerprint density at radius 2 is 1.95 bits per heavy atom. The normalized spacial score (nSPS) is 12.4. The molecule has 0 aliphatic carbocycles. The summed E-state index contributed by atoms with van der Waals surface area (Å²) in [4.78, 5) is 16.2. The number of aliphatic hydroxyl groups is 1. The highest BCUT2D eigenvalue weighted by Crippen LogP contribution is 2.18. The quantitative estimate of drug-likeness (QED) is 0.914. The topological polar surface area (TPSA) is 55.1 Å². The fourth-order valence-electron chi connectivity index (χ4n) is 2.05. The molecule has 0 aliphatic heterocycles. The second-order valence-electron chi connectivity index (χ2n) is 4.78. The Kier molecular flexibility index (Phi) is 3.81. The maximum Gasteiger partial charge on any atom is 0.256 e. The van der Waals surface area contributed by atoms with Crippen LogP contribution in [-0.4, -0.2) is 14.7 Å². The van der Waals surface area contributed by atoms with E-state index in [0.29, 0.717) is 5.56 Å². The van der Waals surface area contributed by atoms with E-state index >= 15 is 0 Å². The second kappa shape index (κ2) is 5.36. The lowest BCUT2D eigenvalue weighted by Crippen LogP contribution is -2.26. The van der Waals surface area contributed by atoms with Crippen LogP contribution in [0.3, 0.4) is 0 Å². The van der Waals surface area contributed by atoms with Gasteiger partial charge in [-0.2, -0.15) is 0 Å². The van der Waals surface area contributed by atoms with E-state index in [0.717, 1.165) is 16.8 Å². The molecule has 0 amide bonds. The van der Waals surface area contributed by atoms with Crippen molar-refractivity contribution in [3.05, 3.63) is 63.3 Å². The van der Waals surface area contributed by atoms with E-state index in [1.165, 1.54) is 10.9 Å². The summed E-state index contributed by atoms with van der Waals surface area (Å²) in [5, 5.41) is 10.3. The van der Waals surface area contributed by atoms with Crippen LogP contribution in [0.25, 0.3) is 0 Å². The van der Waals surface area contributed by atoms with Crippen LogP contribution in [0.1, 0.15) is 28.5 Å². The summed E-state index contributed by atoms with van der Waals surface area (Å²) in [5.41, 5.74) is 3.11. The lowest BCUT2D eigenvalue weighted by molar-refractivity contribution is 0.154. The molecule has 0 radical (unpaired) electrons. The van der Waals surface area contributed by atoms with Crippen LogP contribution in [0.15, 0.2) is 35.4 Å². The predicted molar refractivity (Wildman–Crippen MR) is 74.1 cm³/mol. The molecule has 1 heterocycles. The van der Waals surface area contributed by atoms with E-state index in [4.69, 9.17) is 0 Å². The van der Waals surface area contributed by atoms with Crippen LogP contribution in [0, 0.1) is 20.8 Å². The number of aryl methyl sites for hydroxylation is 2. The Balaban J connectivity index is 2.30. The van der Waals surface area contributed by atoms with E-state index in [9.17, 15) is 9.90 Å². The second-order valence-corrected chi connectivity index (χ2v) is 4.78. The Hall–Kier alpha value is -1.94. The minimum absolute atomic E-state index is 0.0971. The summed E-state index contributed by atoms with van der Waals surface area (Å²) in [5.74, 6) is 0. The fourth-order valence-corrected chi connectivity index (χ4v) is 2.05. The number of aliphatic hydroxyl groups excluding tert-OH is 1. The third kappa shape index (κ3) is 2.74. The molecule has 0 spiro atoms. The maximum absolute atomic E-state index is 12.1. The molecule has 0 bridgehead atoms. The molecule has 1 atom stereocenters. The van der Waals surface area contributed by atoms with Gasteiger partial charge in [0.1, 0.15) is 0 Å². The Labute approximate surface area is 112 Å². The van der Waals surface area contributed by atoms with Gasteiger partial charge in [0.25, 0.3) is 5.56 Å². The SMILES string of the molecule is Cc1ccccc1C(O)Cn1cnc(C)c(C)c1=O. The van der Waals surface area contributed by atoms with Gasteiger partial charge in [-0.25, -0.2) is 4.98 Å². The first kappa shape index (κ1) is 13.5. The molecule has 4 heteroatoms. The van der Waals surface area contributed by atoms with E-state index in [1.807, 2.05) is 31.2 Å². The summed E-state index contributed by atoms with van der Waals surface area (Å²) in [6, 6.07) is 7.63. The van der Waals surface area contributed by atoms with Crippen molar-refractivity contribution in [2.24, 2.45) is 0 Å². The highest BCUT2D eigenvalue weighted by atomic mass is 16.3. The van der Waals surface area contributed by atoms with Crippen LogP contribution < -0.4 is 5.56 Å². The van der Waals surface area contributed by atoms with Gasteiger partial charge in [0.15, 0.2) is 0 Å². The Bertz CT molecular complexity index is 647. The van der Waals surface area contributed by atoms with Crippen molar-refractivity contribution in [1.29, 1.82) is 0 Å². The van der Waals surface area contributed by atoms with Gasteiger partial charge in [-0.3, -0.25) is 9.36 Å². The number of rotatable bonds is 3. The summed E-state index contributed by atoms with van der Waals surface area (Å²) in [6.07, 6.45) is 0.786. The fraction of sp³-hybridized carbons (Fsp3) is 0.333. The predicted octanol–water partition coefficient (Wildman–Crippen LogP) is 1.90. The highest BCUT2D eigenvalue weighted by Gasteiger charge is 2.12. The molecule has 1 N–H and O–H groups in total. The third-order valence-electron chi connectivity index (χ3n) is 3.43. The van der Waals surface area contributed by atoms with Crippen molar-refractivity contribution >= 4 is 0 Å². The van der Waals surface area contributed by atoms with Crippen molar-refractivity contribution in [3.63, 3.8) is 0 Å². The zero-order valence-electron chi connectivity index (χ0n) is 11.4. The first-order valence-corrected chi connectivity index (χ1v) is 6.27. The first-order chi connectivity index (χ1) is 9.00. The average molecular weight is 258 g/mol. The van der Waals surface area contributed by atoms with Crippen molar-refractivity contribution in [1.82, 2.24) is 9.55 Å². The van der Waals surface area contributed by atoms with Gasteiger partial charge in [-0.05, 0) is 31.9 Å². The molecule has 1 aromatic carbocycles. The minimum atomic E-state index is -0.706. The van der Waals surface area contributed by atoms with Gasteiger partial charge in [0, 0.05) is 11.3 Å². The monoisotopic (exact) mass is 258 g/mol. The largest absolute Gasteiger partial charge is 0.387 e. The molecule has 2 rings (SSSR count). The van der Waals surface area contributed by atoms with Crippen molar-refractivity contribution in [3.8, 4) is 0 Å². The summed E-state index contributed by atoms with van der Waals surface area (Å²) in [6.45, 7) is 5.72. The highest BCUT2D eigenvalue weighted by molar-refractivity contribution is 5.27. The standard InChI is InChI=1S/C15H18N2O2/c1-10-6-4-5-7-13(10)14(18)8-17-9-16-12(3)11(2)15(17)19/h4-7,9,14,18H,8H2,1-3H3. The molecule has 0 fully saturated rings. The van der Waals surface area contributed by atoms with Crippen LogP contribution in [0.5, 0.6) is 0 Å².